The molecular weight excluding hydrogens is 358 g/mol. The fraction of sp³-hybridized carbons (Fsp3) is 0.111. The number of phenols is 1. The molecule has 5 nitrogen and oxygen atoms in total. The number of carbonyl (C=O) groups is 1. The first-order chi connectivity index (χ1) is 12.0. The summed E-state index contributed by atoms with van der Waals surface area (Å²) in [6, 6.07) is 12.0. The first-order valence-electron chi connectivity index (χ1n) is 7.33. The van der Waals surface area contributed by atoms with Gasteiger partial charge in [0.1, 0.15) is 17.2 Å². The highest BCUT2D eigenvalue weighted by molar-refractivity contribution is 8.27. The first kappa shape index (κ1) is 17.3. The van der Waals surface area contributed by atoms with Crippen molar-refractivity contribution in [3.05, 3.63) is 52.9 Å². The molecule has 1 heterocycles. The van der Waals surface area contributed by atoms with Gasteiger partial charge in [0.05, 0.1) is 24.8 Å². The molecule has 0 spiro atoms. The molecule has 7 heteroatoms. The molecule has 2 aromatic carbocycles. The van der Waals surface area contributed by atoms with Gasteiger partial charge in [-0.2, -0.15) is 0 Å². The molecule has 0 bridgehead atoms. The molecule has 3 rings (SSSR count). The predicted octanol–water partition coefficient (Wildman–Crippen LogP) is 3.82. The van der Waals surface area contributed by atoms with E-state index in [1.807, 2.05) is 0 Å². The van der Waals surface area contributed by atoms with Gasteiger partial charge in [0.2, 0.25) is 0 Å². The molecule has 0 aliphatic carbocycles. The largest absolute Gasteiger partial charge is 0.507 e. The minimum absolute atomic E-state index is 0.106. The number of ether oxygens (including phenoxy) is 2. The van der Waals surface area contributed by atoms with Crippen LogP contribution in [0.3, 0.4) is 0 Å². The Kier molecular flexibility index (Phi) is 4.96. The first-order valence-corrected chi connectivity index (χ1v) is 8.55. The van der Waals surface area contributed by atoms with Crippen LogP contribution in [0, 0.1) is 0 Å². The third-order valence-corrected chi connectivity index (χ3v) is 4.95. The average molecular weight is 373 g/mol. The quantitative estimate of drug-likeness (QED) is 0.650. The Morgan fingerprint density at radius 1 is 1.16 bits per heavy atom. The van der Waals surface area contributed by atoms with Crippen molar-refractivity contribution in [2.24, 2.45) is 0 Å². The van der Waals surface area contributed by atoms with Gasteiger partial charge in [-0.25, -0.2) is 0 Å². The number of aromatic hydroxyl groups is 1. The van der Waals surface area contributed by atoms with Gasteiger partial charge >= 0.3 is 0 Å². The Hall–Kier alpha value is -2.51. The highest BCUT2D eigenvalue weighted by Crippen LogP contribution is 2.41. The van der Waals surface area contributed by atoms with E-state index in [4.69, 9.17) is 21.7 Å². The second-order valence-corrected chi connectivity index (χ2v) is 6.79. The molecule has 0 saturated carbocycles. The van der Waals surface area contributed by atoms with Crippen LogP contribution in [0.15, 0.2) is 47.4 Å². The number of thiocarbonyl (C=S) groups is 1. The number of thioether (sulfide) groups is 1. The molecule has 1 N–H and O–H groups in total. The van der Waals surface area contributed by atoms with Crippen molar-refractivity contribution in [2.75, 3.05) is 19.1 Å². The van der Waals surface area contributed by atoms with Gasteiger partial charge in [0.25, 0.3) is 5.91 Å². The topological polar surface area (TPSA) is 59.0 Å². The lowest BCUT2D eigenvalue weighted by Gasteiger charge is -2.18. The number of para-hydroxylation sites is 1. The van der Waals surface area contributed by atoms with Crippen LogP contribution in [0.4, 0.5) is 5.69 Å². The SMILES string of the molecule is COc1ccc(N2C(=O)/C(=C/c3ccccc3O)SC2=S)c(OC)c1. The third kappa shape index (κ3) is 3.33. The summed E-state index contributed by atoms with van der Waals surface area (Å²) in [5.41, 5.74) is 1.11. The Balaban J connectivity index is 1.99. The van der Waals surface area contributed by atoms with E-state index in [0.717, 1.165) is 0 Å². The number of hydrogen-bond acceptors (Lipinski definition) is 6. The number of nitrogens with zero attached hydrogens (tertiary/aromatic N) is 1. The van der Waals surface area contributed by atoms with Crippen LogP contribution in [0.5, 0.6) is 17.2 Å². The summed E-state index contributed by atoms with van der Waals surface area (Å²) in [7, 11) is 3.08. The second-order valence-electron chi connectivity index (χ2n) is 5.11. The second kappa shape index (κ2) is 7.16. The fourth-order valence-corrected chi connectivity index (χ4v) is 3.67. The predicted molar refractivity (Wildman–Crippen MR) is 103 cm³/mol. The molecule has 1 amide bonds. The normalized spacial score (nSPS) is 15.8. The van der Waals surface area contributed by atoms with Crippen LogP contribution in [0.1, 0.15) is 5.56 Å². The summed E-state index contributed by atoms with van der Waals surface area (Å²) in [5.74, 6) is 0.951. The van der Waals surface area contributed by atoms with E-state index in [-0.39, 0.29) is 11.7 Å². The number of hydrogen-bond donors (Lipinski definition) is 1. The van der Waals surface area contributed by atoms with E-state index >= 15 is 0 Å². The molecule has 0 atom stereocenters. The molecule has 0 aromatic heterocycles. The van der Waals surface area contributed by atoms with Crippen LogP contribution in [-0.4, -0.2) is 29.6 Å². The number of carbonyl (C=O) groups excluding carboxylic acids is 1. The minimum atomic E-state index is -0.262. The van der Waals surface area contributed by atoms with E-state index in [0.29, 0.717) is 32.0 Å². The summed E-state index contributed by atoms with van der Waals surface area (Å²) in [6.07, 6.45) is 1.63. The zero-order chi connectivity index (χ0) is 18.0. The van der Waals surface area contributed by atoms with Crippen LogP contribution in [-0.2, 0) is 4.79 Å². The van der Waals surface area contributed by atoms with E-state index < -0.39 is 0 Å². The van der Waals surface area contributed by atoms with Crippen LogP contribution < -0.4 is 14.4 Å². The van der Waals surface area contributed by atoms with Crippen molar-refractivity contribution in [1.82, 2.24) is 0 Å². The number of phenolic OH excluding ortho intramolecular Hbond substituents is 1. The van der Waals surface area contributed by atoms with Crippen molar-refractivity contribution in [3.63, 3.8) is 0 Å². The van der Waals surface area contributed by atoms with Crippen molar-refractivity contribution in [1.29, 1.82) is 0 Å². The highest BCUT2D eigenvalue weighted by atomic mass is 32.2. The standard InChI is InChI=1S/C18H15NO4S2/c1-22-12-7-8-13(15(10-12)23-2)19-17(21)16(25-18(19)24)9-11-5-3-4-6-14(11)20/h3-10,20H,1-2H3/b16-9-. The van der Waals surface area contributed by atoms with Gasteiger partial charge in [-0.15, -0.1) is 0 Å². The molecule has 1 saturated heterocycles. The molecule has 0 unspecified atom stereocenters. The number of benzene rings is 2. The molecule has 0 radical (unpaired) electrons. The van der Waals surface area contributed by atoms with Gasteiger partial charge in [0, 0.05) is 11.6 Å². The van der Waals surface area contributed by atoms with Crippen LogP contribution in [0.2, 0.25) is 0 Å². The van der Waals surface area contributed by atoms with Gasteiger partial charge in [-0.1, -0.05) is 42.2 Å². The Morgan fingerprint density at radius 3 is 2.60 bits per heavy atom. The highest BCUT2D eigenvalue weighted by Gasteiger charge is 2.35. The van der Waals surface area contributed by atoms with Gasteiger partial charge < -0.3 is 14.6 Å². The lowest BCUT2D eigenvalue weighted by Crippen LogP contribution is -2.27. The zero-order valence-corrected chi connectivity index (χ0v) is 15.2. The molecule has 1 fully saturated rings. The number of rotatable bonds is 4. The van der Waals surface area contributed by atoms with Crippen molar-refractivity contribution in [3.8, 4) is 17.2 Å². The van der Waals surface area contributed by atoms with E-state index in [1.54, 1.807) is 55.7 Å². The smallest absolute Gasteiger partial charge is 0.270 e. The van der Waals surface area contributed by atoms with Crippen molar-refractivity contribution in [2.45, 2.75) is 0 Å². The summed E-state index contributed by atoms with van der Waals surface area (Å²) in [6.45, 7) is 0. The van der Waals surface area contributed by atoms with E-state index in [9.17, 15) is 9.90 Å². The minimum Gasteiger partial charge on any atom is -0.507 e. The Labute approximate surface area is 154 Å². The zero-order valence-electron chi connectivity index (χ0n) is 13.6. The van der Waals surface area contributed by atoms with Crippen molar-refractivity contribution < 1.29 is 19.4 Å². The summed E-state index contributed by atoms with van der Waals surface area (Å²) in [5, 5.41) is 9.90. The van der Waals surface area contributed by atoms with Crippen molar-refractivity contribution >= 4 is 46.0 Å². The third-order valence-electron chi connectivity index (χ3n) is 3.64. The lowest BCUT2D eigenvalue weighted by molar-refractivity contribution is -0.113. The van der Waals surface area contributed by atoms with E-state index in [2.05, 4.69) is 0 Å². The maximum absolute atomic E-state index is 12.8. The molecule has 25 heavy (non-hydrogen) atoms. The van der Waals surface area contributed by atoms with Gasteiger partial charge in [0.15, 0.2) is 4.32 Å². The lowest BCUT2D eigenvalue weighted by atomic mass is 10.2. The Morgan fingerprint density at radius 2 is 1.92 bits per heavy atom. The summed E-state index contributed by atoms with van der Waals surface area (Å²) in [4.78, 5) is 14.7. The summed E-state index contributed by atoms with van der Waals surface area (Å²) < 4.78 is 10.9. The van der Waals surface area contributed by atoms with E-state index in [1.165, 1.54) is 23.8 Å². The maximum atomic E-state index is 12.8. The number of anilines is 1. The Bertz CT molecular complexity index is 879. The van der Waals surface area contributed by atoms with Crippen LogP contribution >= 0.6 is 24.0 Å². The van der Waals surface area contributed by atoms with Crippen LogP contribution in [0.25, 0.3) is 6.08 Å². The summed E-state index contributed by atoms with van der Waals surface area (Å²) >= 11 is 6.55. The molecular formula is C18H15NO4S2. The monoisotopic (exact) mass is 373 g/mol. The average Bonchev–Trinajstić information content (AvgIpc) is 2.90. The molecule has 128 valence electrons. The maximum Gasteiger partial charge on any atom is 0.270 e. The molecule has 1 aliphatic heterocycles. The van der Waals surface area contributed by atoms with Gasteiger partial charge in [-0.3, -0.25) is 9.69 Å². The fourth-order valence-electron chi connectivity index (χ4n) is 2.40. The number of amides is 1. The number of methoxy groups -OCH3 is 2. The van der Waals surface area contributed by atoms with Gasteiger partial charge in [-0.05, 0) is 24.3 Å². The molecule has 2 aromatic rings. The molecule has 1 aliphatic rings.